The van der Waals surface area contributed by atoms with Gasteiger partial charge in [0, 0.05) is 19.9 Å². The lowest BCUT2D eigenvalue weighted by Gasteiger charge is -2.01. The van der Waals surface area contributed by atoms with Crippen LogP contribution in [0.2, 0.25) is 0 Å². The summed E-state index contributed by atoms with van der Waals surface area (Å²) in [6.07, 6.45) is 1.36. The van der Waals surface area contributed by atoms with Gasteiger partial charge in [-0.2, -0.15) is 10.5 Å². The smallest absolute Gasteiger partial charge is 0.152 e. The second-order valence-electron chi connectivity index (χ2n) is 2.65. The highest BCUT2D eigenvalue weighted by Crippen LogP contribution is 2.21. The average molecular weight is 191 g/mol. The van der Waals surface area contributed by atoms with Gasteiger partial charge in [0.2, 0.25) is 0 Å². The van der Waals surface area contributed by atoms with Crippen LogP contribution in [0.25, 0.3) is 0 Å². The van der Waals surface area contributed by atoms with Crippen molar-refractivity contribution in [2.75, 3.05) is 13.7 Å². The van der Waals surface area contributed by atoms with E-state index in [4.69, 9.17) is 15.3 Å². The van der Waals surface area contributed by atoms with Gasteiger partial charge in [-0.3, -0.25) is 0 Å². The van der Waals surface area contributed by atoms with E-state index in [2.05, 4.69) is 0 Å². The third-order valence-corrected chi connectivity index (χ3v) is 1.81. The molecule has 0 radical (unpaired) electrons. The van der Waals surface area contributed by atoms with Crippen LogP contribution < -0.4 is 0 Å². The number of hydrogen-bond donors (Lipinski definition) is 1. The predicted molar refractivity (Wildman–Crippen MR) is 47.4 cm³/mol. The first-order valence-corrected chi connectivity index (χ1v) is 3.95. The van der Waals surface area contributed by atoms with E-state index in [9.17, 15) is 5.11 Å². The topological polar surface area (TPSA) is 82.0 Å². The highest BCUT2D eigenvalue weighted by molar-refractivity contribution is 5.51. The van der Waals surface area contributed by atoms with Crippen molar-refractivity contribution in [1.29, 1.82) is 10.5 Å². The van der Waals surface area contributed by atoms with E-state index in [-0.39, 0.29) is 17.0 Å². The van der Waals surface area contributed by atoms with Gasteiger partial charge in [0.25, 0.3) is 0 Å². The molecule has 5 heteroatoms. The summed E-state index contributed by atoms with van der Waals surface area (Å²) in [6.45, 7) is 0.863. The fourth-order valence-corrected chi connectivity index (χ4v) is 1.14. The molecule has 0 bridgehead atoms. The van der Waals surface area contributed by atoms with Gasteiger partial charge >= 0.3 is 0 Å². The van der Waals surface area contributed by atoms with E-state index in [0.29, 0.717) is 13.2 Å². The molecule has 0 saturated carbocycles. The van der Waals surface area contributed by atoms with Gasteiger partial charge in [0.1, 0.15) is 23.4 Å². The molecule has 0 amide bonds. The zero-order valence-electron chi connectivity index (χ0n) is 7.69. The van der Waals surface area contributed by atoms with Gasteiger partial charge in [0.05, 0.1) is 6.61 Å². The molecule has 0 spiro atoms. The average Bonchev–Trinajstić information content (AvgIpc) is 2.50. The van der Waals surface area contributed by atoms with Crippen LogP contribution in [-0.4, -0.2) is 23.4 Å². The molecule has 1 aromatic rings. The fraction of sp³-hybridized carbons (Fsp3) is 0.333. The highest BCUT2D eigenvalue weighted by Gasteiger charge is 2.14. The SMILES string of the molecule is COCCn1cc(O)c(C#N)c1C#N. The van der Waals surface area contributed by atoms with E-state index in [0.717, 1.165) is 0 Å². The zero-order valence-corrected chi connectivity index (χ0v) is 7.69. The fourth-order valence-electron chi connectivity index (χ4n) is 1.14. The molecule has 5 nitrogen and oxygen atoms in total. The molecule has 0 atom stereocenters. The molecule has 1 heterocycles. The number of nitrogens with zero attached hydrogens (tertiary/aromatic N) is 3. The lowest BCUT2D eigenvalue weighted by atomic mass is 10.2. The number of hydrogen-bond acceptors (Lipinski definition) is 4. The third-order valence-electron chi connectivity index (χ3n) is 1.81. The van der Waals surface area contributed by atoms with Crippen LogP contribution in [0.5, 0.6) is 5.75 Å². The van der Waals surface area contributed by atoms with Crippen LogP contribution >= 0.6 is 0 Å². The lowest BCUT2D eigenvalue weighted by molar-refractivity contribution is 0.187. The summed E-state index contributed by atoms with van der Waals surface area (Å²) in [7, 11) is 1.54. The van der Waals surface area contributed by atoms with E-state index < -0.39 is 0 Å². The predicted octanol–water partition coefficient (Wildman–Crippen LogP) is 0.583. The molecule has 0 unspecified atom stereocenters. The standard InChI is InChI=1S/C9H9N3O2/c1-14-3-2-12-6-9(13)7(4-10)8(12)5-11/h6,13H,2-3H2,1H3. The van der Waals surface area contributed by atoms with Crippen molar-refractivity contribution in [1.82, 2.24) is 4.57 Å². The number of aromatic hydroxyl groups is 1. The molecular formula is C9H9N3O2. The maximum absolute atomic E-state index is 9.31. The van der Waals surface area contributed by atoms with Crippen LogP contribution in [0.3, 0.4) is 0 Å². The Kier molecular flexibility index (Phi) is 3.11. The number of ether oxygens (including phenoxy) is 1. The quantitative estimate of drug-likeness (QED) is 0.757. The van der Waals surface area contributed by atoms with Gasteiger partial charge in [-0.25, -0.2) is 0 Å². The van der Waals surface area contributed by atoms with Gasteiger partial charge in [0.15, 0.2) is 5.75 Å². The third kappa shape index (κ3) is 1.68. The minimum Gasteiger partial charge on any atom is -0.505 e. The van der Waals surface area contributed by atoms with Gasteiger partial charge in [-0.1, -0.05) is 0 Å². The molecule has 0 aliphatic carbocycles. The molecule has 0 aliphatic heterocycles. The Labute approximate surface area is 81.4 Å². The van der Waals surface area contributed by atoms with Crippen molar-refractivity contribution in [2.24, 2.45) is 0 Å². The number of aromatic nitrogens is 1. The minimum absolute atomic E-state index is 0.0172. The van der Waals surface area contributed by atoms with Gasteiger partial charge < -0.3 is 14.4 Å². The van der Waals surface area contributed by atoms with E-state index in [1.807, 2.05) is 6.07 Å². The second kappa shape index (κ2) is 4.31. The molecule has 0 aromatic carbocycles. The van der Waals surface area contributed by atoms with Crippen LogP contribution in [0.4, 0.5) is 0 Å². The Balaban J connectivity index is 3.08. The van der Waals surface area contributed by atoms with Crippen molar-refractivity contribution < 1.29 is 9.84 Å². The van der Waals surface area contributed by atoms with Crippen LogP contribution in [0, 0.1) is 22.7 Å². The largest absolute Gasteiger partial charge is 0.505 e. The molecule has 72 valence electrons. The number of nitriles is 2. The van der Waals surface area contributed by atoms with Crippen LogP contribution in [0.1, 0.15) is 11.3 Å². The zero-order chi connectivity index (χ0) is 10.6. The summed E-state index contributed by atoms with van der Waals surface area (Å²) >= 11 is 0. The van der Waals surface area contributed by atoms with Crippen molar-refractivity contribution >= 4 is 0 Å². The Bertz CT molecular complexity index is 409. The van der Waals surface area contributed by atoms with Crippen LogP contribution in [0.15, 0.2) is 6.20 Å². The van der Waals surface area contributed by atoms with E-state index in [1.165, 1.54) is 10.8 Å². The maximum atomic E-state index is 9.31. The molecule has 0 saturated heterocycles. The Morgan fingerprint density at radius 3 is 2.71 bits per heavy atom. The Morgan fingerprint density at radius 1 is 1.50 bits per heavy atom. The number of methoxy groups -OCH3 is 1. The molecule has 14 heavy (non-hydrogen) atoms. The molecule has 1 N–H and O–H groups in total. The first-order chi connectivity index (χ1) is 6.74. The van der Waals surface area contributed by atoms with E-state index >= 15 is 0 Å². The minimum atomic E-state index is -0.167. The summed E-state index contributed by atoms with van der Waals surface area (Å²) in [4.78, 5) is 0. The second-order valence-corrected chi connectivity index (χ2v) is 2.65. The van der Waals surface area contributed by atoms with E-state index in [1.54, 1.807) is 13.2 Å². The monoisotopic (exact) mass is 191 g/mol. The summed E-state index contributed by atoms with van der Waals surface area (Å²) in [5.74, 6) is -0.167. The van der Waals surface area contributed by atoms with Crippen molar-refractivity contribution in [3.8, 4) is 17.9 Å². The summed E-state index contributed by atoms with van der Waals surface area (Å²) in [5.41, 5.74) is 0.186. The van der Waals surface area contributed by atoms with Crippen molar-refractivity contribution in [2.45, 2.75) is 6.54 Å². The molecule has 1 rings (SSSR count). The summed E-state index contributed by atoms with van der Waals surface area (Å²) in [5, 5.41) is 26.7. The highest BCUT2D eigenvalue weighted by atomic mass is 16.5. The van der Waals surface area contributed by atoms with Gasteiger partial charge in [-0.05, 0) is 0 Å². The molecule has 0 aliphatic rings. The molecular weight excluding hydrogens is 182 g/mol. The summed E-state index contributed by atoms with van der Waals surface area (Å²) in [6, 6.07) is 3.65. The maximum Gasteiger partial charge on any atom is 0.152 e. The normalized spacial score (nSPS) is 9.36. The Hall–Kier alpha value is -1.98. The van der Waals surface area contributed by atoms with Gasteiger partial charge in [-0.15, -0.1) is 0 Å². The van der Waals surface area contributed by atoms with Crippen molar-refractivity contribution in [3.63, 3.8) is 0 Å². The Morgan fingerprint density at radius 2 is 2.21 bits per heavy atom. The molecule has 0 fully saturated rings. The number of rotatable bonds is 3. The first-order valence-electron chi connectivity index (χ1n) is 3.95. The van der Waals surface area contributed by atoms with Crippen molar-refractivity contribution in [3.05, 3.63) is 17.5 Å². The van der Waals surface area contributed by atoms with Crippen LogP contribution in [-0.2, 0) is 11.3 Å². The lowest BCUT2D eigenvalue weighted by Crippen LogP contribution is -2.05. The molecule has 1 aromatic heterocycles. The first kappa shape index (κ1) is 10.1. The summed E-state index contributed by atoms with van der Waals surface area (Å²) < 4.78 is 6.33.